The number of nitrogens with one attached hydrogen (secondary N) is 1. The van der Waals surface area contributed by atoms with Gasteiger partial charge in [-0.15, -0.1) is 0 Å². The van der Waals surface area contributed by atoms with Gasteiger partial charge in [0.2, 0.25) is 0 Å². The molecule has 2 amide bonds. The molecule has 0 spiro atoms. The molecule has 0 saturated heterocycles. The molecule has 0 aromatic heterocycles. The summed E-state index contributed by atoms with van der Waals surface area (Å²) in [6.45, 7) is 0.352. The predicted molar refractivity (Wildman–Crippen MR) is 137 cm³/mol. The molecule has 0 atom stereocenters. The molecule has 1 aliphatic rings. The molecule has 1 aliphatic carbocycles. The minimum Gasteiger partial charge on any atom is -0.392 e. The maximum atomic E-state index is 13.3. The number of rotatable bonds is 6. The van der Waals surface area contributed by atoms with Crippen molar-refractivity contribution in [2.45, 2.75) is 38.8 Å². The predicted octanol–water partition coefficient (Wildman–Crippen LogP) is 7.68. The number of carbonyl (C=O) groups is 1. The number of anilines is 2. The highest BCUT2D eigenvalue weighted by Gasteiger charge is 2.18. The summed E-state index contributed by atoms with van der Waals surface area (Å²) in [5.74, 6) is 0. The largest absolute Gasteiger partial charge is 0.392 e. The Morgan fingerprint density at radius 1 is 0.909 bits per heavy atom. The third-order valence-corrected chi connectivity index (χ3v) is 6.18. The van der Waals surface area contributed by atoms with Crippen LogP contribution in [0.25, 0.3) is 5.57 Å². The SMILES string of the molecule is O=C(Nc1cc(Cl)cc(Cl)c1)N(Cc1ccc(CO)cc1)c1ccc(C2=CCCCC2)cc1. The van der Waals surface area contributed by atoms with Crippen LogP contribution < -0.4 is 10.2 Å². The van der Waals surface area contributed by atoms with Crippen molar-refractivity contribution >= 4 is 46.2 Å². The quantitative estimate of drug-likeness (QED) is 0.379. The summed E-state index contributed by atoms with van der Waals surface area (Å²) in [5, 5.41) is 13.1. The van der Waals surface area contributed by atoms with Crippen molar-refractivity contribution in [2.24, 2.45) is 0 Å². The van der Waals surface area contributed by atoms with Crippen molar-refractivity contribution in [1.29, 1.82) is 0 Å². The Morgan fingerprint density at radius 2 is 1.58 bits per heavy atom. The van der Waals surface area contributed by atoms with Crippen molar-refractivity contribution in [3.05, 3.63) is 99.5 Å². The van der Waals surface area contributed by atoms with Crippen LogP contribution in [-0.4, -0.2) is 11.1 Å². The highest BCUT2D eigenvalue weighted by atomic mass is 35.5. The maximum Gasteiger partial charge on any atom is 0.326 e. The zero-order chi connectivity index (χ0) is 23.2. The molecule has 3 aromatic rings. The van der Waals surface area contributed by atoms with Crippen molar-refractivity contribution in [2.75, 3.05) is 10.2 Å². The Bertz CT molecular complexity index is 1120. The molecule has 0 aliphatic heterocycles. The fourth-order valence-corrected chi connectivity index (χ4v) is 4.51. The molecular formula is C27H26Cl2N2O2. The highest BCUT2D eigenvalue weighted by Crippen LogP contribution is 2.29. The van der Waals surface area contributed by atoms with Crippen LogP contribution in [-0.2, 0) is 13.2 Å². The first-order valence-electron chi connectivity index (χ1n) is 11.0. The summed E-state index contributed by atoms with van der Waals surface area (Å²) in [5.41, 5.74) is 5.66. The molecule has 170 valence electrons. The number of hydrogen-bond donors (Lipinski definition) is 2. The number of halogens is 2. The van der Waals surface area contributed by atoms with Crippen LogP contribution in [0.2, 0.25) is 10.0 Å². The number of allylic oxidation sites excluding steroid dienone is 2. The zero-order valence-corrected chi connectivity index (χ0v) is 19.7. The van der Waals surface area contributed by atoms with E-state index < -0.39 is 0 Å². The van der Waals surface area contributed by atoms with Gasteiger partial charge in [0.15, 0.2) is 0 Å². The summed E-state index contributed by atoms with van der Waals surface area (Å²) >= 11 is 12.2. The second kappa shape index (κ2) is 10.9. The van der Waals surface area contributed by atoms with Gasteiger partial charge in [-0.3, -0.25) is 4.90 Å². The number of aliphatic hydroxyl groups excluding tert-OH is 1. The summed E-state index contributed by atoms with van der Waals surface area (Å²) in [4.78, 5) is 15.0. The zero-order valence-electron chi connectivity index (χ0n) is 18.2. The molecule has 0 heterocycles. The van der Waals surface area contributed by atoms with E-state index in [4.69, 9.17) is 23.2 Å². The Kier molecular flexibility index (Phi) is 7.71. The van der Waals surface area contributed by atoms with Crippen LogP contribution in [0, 0.1) is 0 Å². The monoisotopic (exact) mass is 480 g/mol. The lowest BCUT2D eigenvalue weighted by atomic mass is 9.93. The van der Waals surface area contributed by atoms with Gasteiger partial charge in [-0.2, -0.15) is 0 Å². The van der Waals surface area contributed by atoms with Crippen molar-refractivity contribution in [1.82, 2.24) is 0 Å². The van der Waals surface area contributed by atoms with Crippen LogP contribution in [0.3, 0.4) is 0 Å². The van der Waals surface area contributed by atoms with Gasteiger partial charge in [0.25, 0.3) is 0 Å². The number of amides is 2. The van der Waals surface area contributed by atoms with Crippen LogP contribution in [0.1, 0.15) is 42.4 Å². The van der Waals surface area contributed by atoms with Crippen LogP contribution in [0.15, 0.2) is 72.8 Å². The van der Waals surface area contributed by atoms with E-state index >= 15 is 0 Å². The number of hydrogen-bond acceptors (Lipinski definition) is 2. The first-order chi connectivity index (χ1) is 16.0. The summed E-state index contributed by atoms with van der Waals surface area (Å²) < 4.78 is 0. The Labute approximate surface area is 204 Å². The van der Waals surface area contributed by atoms with Gasteiger partial charge >= 0.3 is 6.03 Å². The fraction of sp³-hybridized carbons (Fsp3) is 0.222. The average Bonchev–Trinajstić information content (AvgIpc) is 2.83. The Hall–Kier alpha value is -2.79. The van der Waals surface area contributed by atoms with E-state index in [-0.39, 0.29) is 12.6 Å². The first kappa shape index (κ1) is 23.4. The maximum absolute atomic E-state index is 13.3. The van der Waals surface area contributed by atoms with E-state index in [9.17, 15) is 9.90 Å². The number of urea groups is 1. The second-order valence-corrected chi connectivity index (χ2v) is 9.04. The van der Waals surface area contributed by atoms with Gasteiger partial charge in [0.05, 0.1) is 13.2 Å². The lowest BCUT2D eigenvalue weighted by Gasteiger charge is -2.24. The molecule has 0 saturated carbocycles. The van der Waals surface area contributed by atoms with Gasteiger partial charge in [-0.25, -0.2) is 4.79 Å². The molecule has 0 radical (unpaired) electrons. The van der Waals surface area contributed by atoms with Crippen LogP contribution >= 0.6 is 23.2 Å². The molecule has 0 fully saturated rings. The fourth-order valence-electron chi connectivity index (χ4n) is 3.99. The lowest BCUT2D eigenvalue weighted by molar-refractivity contribution is 0.256. The van der Waals surface area contributed by atoms with Crippen molar-refractivity contribution in [3.8, 4) is 0 Å². The van der Waals surface area contributed by atoms with Crippen LogP contribution in [0.5, 0.6) is 0 Å². The third kappa shape index (κ3) is 6.17. The van der Waals surface area contributed by atoms with Gasteiger partial charge < -0.3 is 10.4 Å². The van der Waals surface area contributed by atoms with Crippen LogP contribution in [0.4, 0.5) is 16.2 Å². The Balaban J connectivity index is 1.61. The average molecular weight is 481 g/mol. The van der Waals surface area contributed by atoms with Gasteiger partial charge in [-0.05, 0) is 78.3 Å². The molecule has 4 rings (SSSR count). The lowest BCUT2D eigenvalue weighted by Crippen LogP contribution is -2.34. The van der Waals surface area contributed by atoms with Gasteiger partial charge in [-0.1, -0.05) is 65.7 Å². The molecule has 6 heteroatoms. The molecule has 33 heavy (non-hydrogen) atoms. The van der Waals surface area contributed by atoms with E-state index in [1.807, 2.05) is 36.4 Å². The van der Waals surface area contributed by atoms with E-state index in [2.05, 4.69) is 23.5 Å². The van der Waals surface area contributed by atoms with Gasteiger partial charge in [0, 0.05) is 21.4 Å². The number of benzene rings is 3. The minimum absolute atomic E-state index is 0.0165. The number of carbonyl (C=O) groups excluding carboxylic acids is 1. The smallest absolute Gasteiger partial charge is 0.326 e. The molecule has 2 N–H and O–H groups in total. The van der Waals surface area contributed by atoms with Gasteiger partial charge in [0.1, 0.15) is 0 Å². The van der Waals surface area contributed by atoms with E-state index in [0.29, 0.717) is 22.3 Å². The number of aliphatic hydroxyl groups is 1. The van der Waals surface area contributed by atoms with E-state index in [1.54, 1.807) is 23.1 Å². The molecule has 0 unspecified atom stereocenters. The van der Waals surface area contributed by atoms with E-state index in [1.165, 1.54) is 24.0 Å². The summed E-state index contributed by atoms with van der Waals surface area (Å²) in [7, 11) is 0. The minimum atomic E-state index is -0.288. The normalized spacial score (nSPS) is 13.4. The summed E-state index contributed by atoms with van der Waals surface area (Å²) in [6.07, 6.45) is 6.99. The van der Waals surface area contributed by atoms with Crippen molar-refractivity contribution < 1.29 is 9.90 Å². The molecule has 3 aromatic carbocycles. The van der Waals surface area contributed by atoms with E-state index in [0.717, 1.165) is 29.7 Å². The molecular weight excluding hydrogens is 455 g/mol. The number of nitrogens with zero attached hydrogens (tertiary/aromatic N) is 1. The third-order valence-electron chi connectivity index (χ3n) is 5.75. The van der Waals surface area contributed by atoms with Crippen molar-refractivity contribution in [3.63, 3.8) is 0 Å². The standard InChI is InChI=1S/C27H26Cl2N2O2/c28-23-14-24(29)16-25(15-23)30-27(33)31(17-19-6-8-20(18-32)9-7-19)26-12-10-22(11-13-26)21-4-2-1-3-5-21/h4,6-16,32H,1-3,5,17-18H2,(H,30,33). The topological polar surface area (TPSA) is 52.6 Å². The first-order valence-corrected chi connectivity index (χ1v) is 11.8. The Morgan fingerprint density at radius 3 is 2.18 bits per heavy atom. The molecule has 0 bridgehead atoms. The summed E-state index contributed by atoms with van der Waals surface area (Å²) in [6, 6.07) is 20.4. The molecule has 4 nitrogen and oxygen atoms in total. The second-order valence-electron chi connectivity index (χ2n) is 8.17. The highest BCUT2D eigenvalue weighted by molar-refractivity contribution is 6.35.